The molecule has 2 amide bonds. The number of carbonyl (C=O) groups excluding carboxylic acids is 2. The van der Waals surface area contributed by atoms with Crippen molar-refractivity contribution in [2.75, 3.05) is 17.2 Å². The average molecular weight is 957 g/mol. The minimum atomic E-state index is -1.40. The van der Waals surface area contributed by atoms with E-state index in [1.165, 1.54) is 53.6 Å². The lowest BCUT2D eigenvalue weighted by atomic mass is 9.97. The number of fused-ring (bicyclic) bond motifs is 2. The fraction of sp³-hybridized carbons (Fsp3) is 0.140. The van der Waals surface area contributed by atoms with Gasteiger partial charge in [0.25, 0.3) is 11.8 Å². The Labute approximate surface area is 385 Å². The molecule has 3 aliphatic rings. The zero-order valence-electron chi connectivity index (χ0n) is 32.7. The normalized spacial score (nSPS) is 17.4. The van der Waals surface area contributed by atoms with Gasteiger partial charge in [-0.2, -0.15) is 0 Å². The molecule has 324 valence electrons. The van der Waals surface area contributed by atoms with Gasteiger partial charge < -0.3 is 40.7 Å². The van der Waals surface area contributed by atoms with E-state index in [1.54, 1.807) is 12.1 Å². The van der Waals surface area contributed by atoms with Crippen molar-refractivity contribution >= 4 is 86.7 Å². The molecule has 0 aliphatic carbocycles. The number of aliphatic carboxylic acids is 1. The lowest BCUT2D eigenvalue weighted by Gasteiger charge is -2.49. The highest BCUT2D eigenvalue weighted by atomic mass is 35.5. The molecule has 0 saturated carbocycles. The molecular formula is C43H31Cl2N7O9S3. The van der Waals surface area contributed by atoms with Crippen LogP contribution in [0, 0.1) is 0 Å². The van der Waals surface area contributed by atoms with Gasteiger partial charge in [0.05, 0.1) is 10.0 Å². The van der Waals surface area contributed by atoms with Crippen LogP contribution in [0.2, 0.25) is 10.0 Å². The van der Waals surface area contributed by atoms with Gasteiger partial charge in [-0.1, -0.05) is 95.1 Å². The summed E-state index contributed by atoms with van der Waals surface area (Å²) < 4.78 is 13.0. The summed E-state index contributed by atoms with van der Waals surface area (Å²) in [7, 11) is 0. The molecule has 0 unspecified atom stereocenters. The number of amides is 2. The number of anilines is 1. The molecule has 64 heavy (non-hydrogen) atoms. The molecule has 1 fully saturated rings. The Morgan fingerprint density at radius 2 is 1.73 bits per heavy atom. The molecule has 2 aromatic heterocycles. The van der Waals surface area contributed by atoms with E-state index >= 15 is 0 Å². The lowest BCUT2D eigenvalue weighted by Crippen LogP contribution is -2.71. The predicted octanol–water partition coefficient (Wildman–Crippen LogP) is 7.02. The lowest BCUT2D eigenvalue weighted by molar-refractivity contribution is -0.150. The van der Waals surface area contributed by atoms with Crippen molar-refractivity contribution < 1.29 is 44.0 Å². The number of nitrogens with two attached hydrogens (primary N) is 1. The van der Waals surface area contributed by atoms with Crippen molar-refractivity contribution in [1.82, 2.24) is 25.2 Å². The first-order valence-electron chi connectivity index (χ1n) is 19.0. The smallest absolute Gasteiger partial charge is 0.352 e. The Morgan fingerprint density at radius 3 is 2.41 bits per heavy atom. The van der Waals surface area contributed by atoms with Crippen LogP contribution in [-0.4, -0.2) is 81.6 Å². The summed E-state index contributed by atoms with van der Waals surface area (Å²) >= 11 is 17.3. The number of nitrogens with one attached hydrogen (secondary N) is 1. The number of β-lactam (4-membered cyclic amide) rings is 1. The molecule has 9 rings (SSSR count). The number of rotatable bonds is 13. The van der Waals surface area contributed by atoms with E-state index in [-0.39, 0.29) is 73.4 Å². The number of nitrogen functional groups attached to an aromatic ring is 1. The molecule has 6 N–H and O–H groups in total. The highest BCUT2D eigenvalue weighted by molar-refractivity contribution is 8.01. The molecule has 0 spiro atoms. The standard InChI is InChI=1S/C43H31Cl2N7O9S3/c44-27-13-22(31(45)36-35(27)60-43(61-36,24-7-3-1-4-8-24)25-9-5-2-6-10-25)16-59-51-32(28-19-64-42(46)49-28)37(55)50-33-39(56)52-34(41(57)58)23(18-63-40(33)52)17-62-38-26(15-47-20-48-38)21-11-12-29(53)30(54)14-21/h1-15,19-20,33,40,53-54H,16-18H2,(H2,46,49)(H,50,55)(H,57,58)/b51-32-/t33-,40-/m1/s1. The molecular weight excluding hydrogens is 926 g/mol. The van der Waals surface area contributed by atoms with E-state index in [0.29, 0.717) is 38.4 Å². The molecule has 21 heteroatoms. The van der Waals surface area contributed by atoms with Crippen molar-refractivity contribution in [1.29, 1.82) is 0 Å². The van der Waals surface area contributed by atoms with Crippen LogP contribution in [0.25, 0.3) is 11.1 Å². The zero-order chi connectivity index (χ0) is 44.7. The monoisotopic (exact) mass is 955 g/mol. The SMILES string of the molecule is Nc1nc(/C(=N/OCc2cc(Cl)c3c(c2Cl)OC(c2ccccc2)(c2ccccc2)O3)C(=O)N[C@@H]2C(=O)N3C(C(=O)O)=C(CSc4ncncc4-c4ccc(O)c(O)c4)CS[C@H]23)cs1. The second-order valence-corrected chi connectivity index (χ2v) is 17.9. The number of aromatic nitrogens is 3. The van der Waals surface area contributed by atoms with Crippen LogP contribution in [0.4, 0.5) is 5.13 Å². The van der Waals surface area contributed by atoms with E-state index in [0.717, 1.165) is 16.2 Å². The Kier molecular flexibility index (Phi) is 11.7. The van der Waals surface area contributed by atoms with Crippen LogP contribution in [-0.2, 0) is 31.6 Å². The summed E-state index contributed by atoms with van der Waals surface area (Å²) in [6.45, 7) is -0.286. The Balaban J connectivity index is 0.915. The highest BCUT2D eigenvalue weighted by Crippen LogP contribution is 2.55. The number of aromatic hydroxyl groups is 2. The van der Waals surface area contributed by atoms with Gasteiger partial charge in [-0.3, -0.25) is 14.5 Å². The Morgan fingerprint density at radius 1 is 1.02 bits per heavy atom. The number of carboxylic acid groups (broad SMARTS) is 1. The molecule has 0 radical (unpaired) electrons. The second kappa shape index (κ2) is 17.6. The van der Waals surface area contributed by atoms with Gasteiger partial charge >= 0.3 is 11.8 Å². The minimum Gasteiger partial charge on any atom is -0.504 e. The summed E-state index contributed by atoms with van der Waals surface area (Å²) in [5.41, 5.74) is 8.77. The van der Waals surface area contributed by atoms with Gasteiger partial charge in [-0.25, -0.2) is 19.7 Å². The van der Waals surface area contributed by atoms with E-state index in [1.807, 2.05) is 60.7 Å². The van der Waals surface area contributed by atoms with Crippen molar-refractivity contribution in [3.63, 3.8) is 0 Å². The number of phenols is 2. The number of ether oxygens (including phenoxy) is 2. The topological polar surface area (TPSA) is 232 Å². The fourth-order valence-corrected chi connectivity index (χ4v) is 10.7. The number of carbonyl (C=O) groups is 3. The largest absolute Gasteiger partial charge is 0.504 e. The third kappa shape index (κ3) is 7.89. The number of hydrogen-bond donors (Lipinski definition) is 5. The number of carboxylic acids is 1. The number of nitrogens with zero attached hydrogens (tertiary/aromatic N) is 5. The molecule has 16 nitrogen and oxygen atoms in total. The third-order valence-electron chi connectivity index (χ3n) is 10.2. The van der Waals surface area contributed by atoms with Gasteiger partial charge in [0.2, 0.25) is 0 Å². The second-order valence-electron chi connectivity index (χ2n) is 14.2. The maximum atomic E-state index is 13.9. The number of halogens is 2. The first-order valence-corrected chi connectivity index (χ1v) is 22.7. The first kappa shape index (κ1) is 42.8. The van der Waals surface area contributed by atoms with Gasteiger partial charge in [0, 0.05) is 45.3 Å². The number of phenolic OH excluding ortho intramolecular Hbond substituents is 2. The number of thiazole rings is 1. The van der Waals surface area contributed by atoms with E-state index in [9.17, 15) is 29.7 Å². The van der Waals surface area contributed by atoms with E-state index in [2.05, 4.69) is 25.4 Å². The minimum absolute atomic E-state index is 0.0716. The van der Waals surface area contributed by atoms with Gasteiger partial charge in [-0.15, -0.1) is 34.9 Å². The first-order chi connectivity index (χ1) is 30.9. The molecule has 5 heterocycles. The number of hydrogen-bond acceptors (Lipinski definition) is 16. The molecule has 1 saturated heterocycles. The number of thioether (sulfide) groups is 2. The van der Waals surface area contributed by atoms with Crippen LogP contribution < -0.4 is 20.5 Å². The van der Waals surface area contributed by atoms with Crippen LogP contribution in [0.5, 0.6) is 23.0 Å². The van der Waals surface area contributed by atoms with Crippen LogP contribution >= 0.6 is 58.1 Å². The third-order valence-corrected chi connectivity index (χ3v) is 14.0. The quantitative estimate of drug-likeness (QED) is 0.0195. The summed E-state index contributed by atoms with van der Waals surface area (Å²) in [6.07, 6.45) is 2.88. The summed E-state index contributed by atoms with van der Waals surface area (Å²) in [6, 6.07) is 23.4. The molecule has 0 bridgehead atoms. The summed E-state index contributed by atoms with van der Waals surface area (Å²) in [5, 5.41) is 38.7. The fourth-order valence-electron chi connectivity index (χ4n) is 7.20. The van der Waals surface area contributed by atoms with Crippen LogP contribution in [0.1, 0.15) is 22.4 Å². The van der Waals surface area contributed by atoms with Gasteiger partial charge in [0.15, 0.2) is 33.8 Å². The summed E-state index contributed by atoms with van der Waals surface area (Å²) in [4.78, 5) is 59.8. The van der Waals surface area contributed by atoms with Crippen LogP contribution in [0.15, 0.2) is 124 Å². The average Bonchev–Trinajstić information content (AvgIpc) is 3.94. The van der Waals surface area contributed by atoms with Crippen LogP contribution in [0.3, 0.4) is 0 Å². The van der Waals surface area contributed by atoms with Crippen molar-refractivity contribution in [2.24, 2.45) is 5.16 Å². The van der Waals surface area contributed by atoms with Gasteiger partial charge in [-0.05, 0) is 29.3 Å². The number of benzene rings is 4. The van der Waals surface area contributed by atoms with E-state index in [4.69, 9.17) is 43.2 Å². The molecule has 3 aliphatic heterocycles. The Hall–Kier alpha value is -6.51. The number of oxime groups is 1. The molecule has 2 atom stereocenters. The van der Waals surface area contributed by atoms with Gasteiger partial charge in [0.1, 0.15) is 40.8 Å². The predicted molar refractivity (Wildman–Crippen MR) is 240 cm³/mol. The van der Waals surface area contributed by atoms with Crippen molar-refractivity contribution in [2.45, 2.75) is 28.8 Å². The maximum Gasteiger partial charge on any atom is 0.352 e. The van der Waals surface area contributed by atoms with Crippen molar-refractivity contribution in [3.05, 3.63) is 147 Å². The molecule has 4 aromatic carbocycles. The van der Waals surface area contributed by atoms with Crippen molar-refractivity contribution in [3.8, 4) is 34.1 Å². The summed E-state index contributed by atoms with van der Waals surface area (Å²) in [5.74, 6) is -4.02. The maximum absolute atomic E-state index is 13.9. The Bertz CT molecular complexity index is 2870. The van der Waals surface area contributed by atoms with E-state index < -0.39 is 35.0 Å². The highest BCUT2D eigenvalue weighted by Gasteiger charge is 2.54. The molecule has 6 aromatic rings. The zero-order valence-corrected chi connectivity index (χ0v) is 36.6.